The lowest BCUT2D eigenvalue weighted by molar-refractivity contribution is -0.152. The SMILES string of the molecule is COC1(C(=O)Cc2cc(Br)ccc2F)CCOCC1. The first-order valence-corrected chi connectivity index (χ1v) is 6.97. The van der Waals surface area contributed by atoms with Gasteiger partial charge >= 0.3 is 0 Å². The van der Waals surface area contributed by atoms with Crippen LogP contribution in [-0.4, -0.2) is 31.7 Å². The average Bonchev–Trinajstić information content (AvgIpc) is 2.43. The maximum Gasteiger partial charge on any atom is 0.169 e. The van der Waals surface area contributed by atoms with E-state index >= 15 is 0 Å². The molecule has 0 aromatic heterocycles. The molecule has 0 spiro atoms. The Kier molecular flexibility index (Phi) is 4.71. The van der Waals surface area contributed by atoms with Crippen LogP contribution < -0.4 is 0 Å². The monoisotopic (exact) mass is 330 g/mol. The van der Waals surface area contributed by atoms with Gasteiger partial charge in [-0.2, -0.15) is 0 Å². The summed E-state index contributed by atoms with van der Waals surface area (Å²) in [7, 11) is 1.53. The van der Waals surface area contributed by atoms with Gasteiger partial charge in [-0.15, -0.1) is 0 Å². The van der Waals surface area contributed by atoms with Gasteiger partial charge in [0.15, 0.2) is 5.78 Å². The summed E-state index contributed by atoms with van der Waals surface area (Å²) in [5, 5.41) is 0. The van der Waals surface area contributed by atoms with Crippen LogP contribution in [0.1, 0.15) is 18.4 Å². The molecule has 1 fully saturated rings. The van der Waals surface area contributed by atoms with Gasteiger partial charge in [0.2, 0.25) is 0 Å². The number of halogens is 2. The quantitative estimate of drug-likeness (QED) is 0.851. The Morgan fingerprint density at radius 1 is 1.47 bits per heavy atom. The van der Waals surface area contributed by atoms with Crippen molar-refractivity contribution in [1.82, 2.24) is 0 Å². The maximum atomic E-state index is 13.7. The average molecular weight is 331 g/mol. The molecule has 1 heterocycles. The van der Waals surface area contributed by atoms with Gasteiger partial charge in [0.25, 0.3) is 0 Å². The Labute approximate surface area is 120 Å². The lowest BCUT2D eigenvalue weighted by Crippen LogP contribution is -2.46. The van der Waals surface area contributed by atoms with Crippen molar-refractivity contribution in [1.29, 1.82) is 0 Å². The standard InChI is InChI=1S/C14H16BrFO3/c1-18-14(4-6-19-7-5-14)13(17)9-10-8-11(15)2-3-12(10)16/h2-3,8H,4-7,9H2,1H3. The molecule has 3 nitrogen and oxygen atoms in total. The van der Waals surface area contributed by atoms with Crippen molar-refractivity contribution < 1.29 is 18.7 Å². The highest BCUT2D eigenvalue weighted by molar-refractivity contribution is 9.10. The summed E-state index contributed by atoms with van der Waals surface area (Å²) in [5.41, 5.74) is -0.435. The van der Waals surface area contributed by atoms with E-state index in [9.17, 15) is 9.18 Å². The van der Waals surface area contributed by atoms with Gasteiger partial charge in [-0.25, -0.2) is 4.39 Å². The second kappa shape index (κ2) is 6.11. The van der Waals surface area contributed by atoms with Gasteiger partial charge in [-0.1, -0.05) is 15.9 Å². The third-order valence-electron chi connectivity index (χ3n) is 3.56. The Bertz CT molecular complexity index is 470. The summed E-state index contributed by atoms with van der Waals surface area (Å²) in [4.78, 5) is 12.4. The van der Waals surface area contributed by atoms with E-state index in [-0.39, 0.29) is 18.0 Å². The third-order valence-corrected chi connectivity index (χ3v) is 4.05. The molecule has 104 valence electrons. The van der Waals surface area contributed by atoms with Crippen LogP contribution in [0.15, 0.2) is 22.7 Å². The second-order valence-corrected chi connectivity index (χ2v) is 5.56. The molecule has 0 N–H and O–H groups in total. The molecule has 0 amide bonds. The summed E-state index contributed by atoms with van der Waals surface area (Å²) in [6.45, 7) is 1.00. The molecule has 1 aromatic rings. The molecule has 0 atom stereocenters. The van der Waals surface area contributed by atoms with Gasteiger partial charge in [-0.3, -0.25) is 4.79 Å². The summed E-state index contributed by atoms with van der Waals surface area (Å²) in [6.07, 6.45) is 1.09. The van der Waals surface area contributed by atoms with Gasteiger partial charge in [0.1, 0.15) is 11.4 Å². The first-order valence-electron chi connectivity index (χ1n) is 6.17. The molecular formula is C14H16BrFO3. The van der Waals surface area contributed by atoms with Crippen LogP contribution in [0.25, 0.3) is 0 Å². The largest absolute Gasteiger partial charge is 0.381 e. The van der Waals surface area contributed by atoms with E-state index in [4.69, 9.17) is 9.47 Å². The van der Waals surface area contributed by atoms with Crippen LogP contribution in [-0.2, 0) is 20.7 Å². The van der Waals surface area contributed by atoms with E-state index in [1.807, 2.05) is 0 Å². The highest BCUT2D eigenvalue weighted by Gasteiger charge is 2.39. The number of hydrogen-bond donors (Lipinski definition) is 0. The fourth-order valence-electron chi connectivity index (χ4n) is 2.31. The Balaban J connectivity index is 2.17. The molecular weight excluding hydrogens is 315 g/mol. The van der Waals surface area contributed by atoms with Crippen LogP contribution in [0.2, 0.25) is 0 Å². The van der Waals surface area contributed by atoms with Crippen molar-refractivity contribution in [2.75, 3.05) is 20.3 Å². The minimum Gasteiger partial charge on any atom is -0.381 e. The summed E-state index contributed by atoms with van der Waals surface area (Å²) in [6, 6.07) is 4.61. The highest BCUT2D eigenvalue weighted by Crippen LogP contribution is 2.28. The van der Waals surface area contributed by atoms with E-state index in [0.29, 0.717) is 31.6 Å². The van der Waals surface area contributed by atoms with Crippen LogP contribution >= 0.6 is 15.9 Å². The summed E-state index contributed by atoms with van der Waals surface area (Å²) < 4.78 is 25.1. The predicted molar refractivity (Wildman–Crippen MR) is 72.6 cm³/mol. The number of hydrogen-bond acceptors (Lipinski definition) is 3. The second-order valence-electron chi connectivity index (χ2n) is 4.65. The molecule has 2 rings (SSSR count). The van der Waals surface area contributed by atoms with E-state index in [2.05, 4.69) is 15.9 Å². The van der Waals surface area contributed by atoms with Crippen molar-refractivity contribution in [3.05, 3.63) is 34.1 Å². The fraction of sp³-hybridized carbons (Fsp3) is 0.500. The number of ether oxygens (including phenoxy) is 2. The van der Waals surface area contributed by atoms with Gasteiger partial charge in [0, 0.05) is 44.1 Å². The minimum atomic E-state index is -0.826. The van der Waals surface area contributed by atoms with Crippen molar-refractivity contribution in [3.63, 3.8) is 0 Å². The highest BCUT2D eigenvalue weighted by atomic mass is 79.9. The van der Waals surface area contributed by atoms with Crippen molar-refractivity contribution in [2.45, 2.75) is 24.9 Å². The molecule has 0 bridgehead atoms. The van der Waals surface area contributed by atoms with Gasteiger partial charge in [-0.05, 0) is 23.8 Å². The van der Waals surface area contributed by atoms with E-state index in [0.717, 1.165) is 4.47 Å². The van der Waals surface area contributed by atoms with E-state index in [1.54, 1.807) is 12.1 Å². The molecule has 5 heteroatoms. The van der Waals surface area contributed by atoms with Crippen molar-refractivity contribution in [3.8, 4) is 0 Å². The molecule has 0 unspecified atom stereocenters. The smallest absolute Gasteiger partial charge is 0.169 e. The Hall–Kier alpha value is -0.780. The fourth-order valence-corrected chi connectivity index (χ4v) is 2.72. The predicted octanol–water partition coefficient (Wildman–Crippen LogP) is 2.90. The molecule has 0 saturated carbocycles. The van der Waals surface area contributed by atoms with Crippen LogP contribution in [0.4, 0.5) is 4.39 Å². The third kappa shape index (κ3) is 3.22. The van der Waals surface area contributed by atoms with Gasteiger partial charge < -0.3 is 9.47 Å². The Morgan fingerprint density at radius 3 is 2.79 bits per heavy atom. The molecule has 1 aliphatic rings. The van der Waals surface area contributed by atoms with Crippen molar-refractivity contribution in [2.24, 2.45) is 0 Å². The number of carbonyl (C=O) groups excluding carboxylic acids is 1. The number of ketones is 1. The number of carbonyl (C=O) groups is 1. The zero-order valence-corrected chi connectivity index (χ0v) is 12.3. The molecule has 1 saturated heterocycles. The lowest BCUT2D eigenvalue weighted by atomic mass is 9.86. The molecule has 1 aliphatic heterocycles. The lowest BCUT2D eigenvalue weighted by Gasteiger charge is -2.34. The molecule has 0 aliphatic carbocycles. The first-order chi connectivity index (χ1) is 9.07. The van der Waals surface area contributed by atoms with Crippen LogP contribution in [0.3, 0.4) is 0 Å². The minimum absolute atomic E-state index is 0.0408. The van der Waals surface area contributed by atoms with E-state index < -0.39 is 5.60 Å². The van der Waals surface area contributed by atoms with Crippen LogP contribution in [0, 0.1) is 5.82 Å². The zero-order valence-electron chi connectivity index (χ0n) is 10.7. The first kappa shape index (κ1) is 14.6. The number of rotatable bonds is 4. The van der Waals surface area contributed by atoms with Crippen LogP contribution in [0.5, 0.6) is 0 Å². The number of methoxy groups -OCH3 is 1. The van der Waals surface area contributed by atoms with Gasteiger partial charge in [0.05, 0.1) is 0 Å². The Morgan fingerprint density at radius 2 is 2.16 bits per heavy atom. The summed E-state index contributed by atoms with van der Waals surface area (Å²) >= 11 is 3.28. The summed E-state index contributed by atoms with van der Waals surface area (Å²) in [5.74, 6) is -0.454. The van der Waals surface area contributed by atoms with E-state index in [1.165, 1.54) is 13.2 Å². The molecule has 1 aromatic carbocycles. The number of benzene rings is 1. The molecule has 19 heavy (non-hydrogen) atoms. The normalized spacial score (nSPS) is 18.3. The zero-order chi connectivity index (χ0) is 13.9. The maximum absolute atomic E-state index is 13.7. The van der Waals surface area contributed by atoms with Crippen molar-refractivity contribution >= 4 is 21.7 Å². The number of Topliss-reactive ketones (excluding diaryl/α,β-unsaturated/α-hetero) is 1. The topological polar surface area (TPSA) is 35.5 Å². The molecule has 0 radical (unpaired) electrons.